The van der Waals surface area contributed by atoms with E-state index in [4.69, 9.17) is 0 Å². The molecular formula is C11H22O. The molecule has 2 atom stereocenters. The molecule has 12 heavy (non-hydrogen) atoms. The maximum Gasteiger partial charge on any atom is 0.0749 e. The molecule has 0 aromatic rings. The van der Waals surface area contributed by atoms with Crippen molar-refractivity contribution in [2.45, 2.75) is 53.1 Å². The first-order chi connectivity index (χ1) is 5.61. The van der Waals surface area contributed by atoms with E-state index in [0.717, 1.165) is 24.8 Å². The second kappa shape index (κ2) is 6.24. The molecule has 1 N–H and O–H groups in total. The molecular weight excluding hydrogens is 148 g/mol. The SMILES string of the molecule is CCC=C(C)C(O)CC(C)CC. The fourth-order valence-electron chi connectivity index (χ4n) is 1.19. The fraction of sp³-hybridized carbons (Fsp3) is 0.818. The van der Waals surface area contributed by atoms with Crippen LogP contribution in [-0.2, 0) is 0 Å². The number of rotatable bonds is 5. The average Bonchev–Trinajstić information content (AvgIpc) is 2.04. The van der Waals surface area contributed by atoms with E-state index < -0.39 is 0 Å². The summed E-state index contributed by atoms with van der Waals surface area (Å²) in [5.41, 5.74) is 1.12. The van der Waals surface area contributed by atoms with Crippen molar-refractivity contribution in [1.29, 1.82) is 0 Å². The van der Waals surface area contributed by atoms with Crippen molar-refractivity contribution in [3.8, 4) is 0 Å². The van der Waals surface area contributed by atoms with Gasteiger partial charge in [0.1, 0.15) is 0 Å². The zero-order chi connectivity index (χ0) is 9.56. The number of hydrogen-bond acceptors (Lipinski definition) is 1. The molecule has 0 spiro atoms. The van der Waals surface area contributed by atoms with Crippen LogP contribution in [0.5, 0.6) is 0 Å². The highest BCUT2D eigenvalue weighted by Crippen LogP contribution is 2.15. The second-order valence-corrected chi connectivity index (χ2v) is 3.62. The van der Waals surface area contributed by atoms with Crippen LogP contribution in [-0.4, -0.2) is 11.2 Å². The van der Waals surface area contributed by atoms with Gasteiger partial charge in [0.2, 0.25) is 0 Å². The third kappa shape index (κ3) is 4.55. The molecule has 0 heterocycles. The minimum Gasteiger partial charge on any atom is -0.389 e. The van der Waals surface area contributed by atoms with Gasteiger partial charge in [-0.05, 0) is 31.3 Å². The Bertz CT molecular complexity index is 138. The zero-order valence-corrected chi connectivity index (χ0v) is 8.80. The van der Waals surface area contributed by atoms with Crippen molar-refractivity contribution in [3.63, 3.8) is 0 Å². The van der Waals surface area contributed by atoms with Crippen molar-refractivity contribution in [2.24, 2.45) is 5.92 Å². The highest BCUT2D eigenvalue weighted by atomic mass is 16.3. The molecule has 0 saturated carbocycles. The Hall–Kier alpha value is -0.300. The van der Waals surface area contributed by atoms with Crippen LogP contribution < -0.4 is 0 Å². The number of hydrogen-bond donors (Lipinski definition) is 1. The average molecular weight is 170 g/mol. The fourth-order valence-corrected chi connectivity index (χ4v) is 1.19. The normalized spacial score (nSPS) is 17.6. The van der Waals surface area contributed by atoms with Gasteiger partial charge in [-0.3, -0.25) is 0 Å². The molecule has 0 aliphatic rings. The van der Waals surface area contributed by atoms with Crippen LogP contribution in [0.15, 0.2) is 11.6 Å². The monoisotopic (exact) mass is 170 g/mol. The zero-order valence-electron chi connectivity index (χ0n) is 8.80. The van der Waals surface area contributed by atoms with Crippen LogP contribution in [0.1, 0.15) is 47.0 Å². The van der Waals surface area contributed by atoms with Gasteiger partial charge in [0.25, 0.3) is 0 Å². The van der Waals surface area contributed by atoms with Crippen LogP contribution in [0.2, 0.25) is 0 Å². The van der Waals surface area contributed by atoms with E-state index in [2.05, 4.69) is 26.8 Å². The molecule has 0 amide bonds. The molecule has 0 aromatic carbocycles. The highest BCUT2D eigenvalue weighted by Gasteiger charge is 2.09. The molecule has 0 aliphatic heterocycles. The van der Waals surface area contributed by atoms with Crippen LogP contribution in [0.25, 0.3) is 0 Å². The van der Waals surface area contributed by atoms with Gasteiger partial charge in [0, 0.05) is 0 Å². The topological polar surface area (TPSA) is 20.2 Å². The molecule has 2 unspecified atom stereocenters. The lowest BCUT2D eigenvalue weighted by atomic mass is 9.97. The lowest BCUT2D eigenvalue weighted by Crippen LogP contribution is -2.12. The summed E-state index contributed by atoms with van der Waals surface area (Å²) in [7, 11) is 0. The predicted octanol–water partition coefficient (Wildman–Crippen LogP) is 3.14. The van der Waals surface area contributed by atoms with Gasteiger partial charge in [-0.2, -0.15) is 0 Å². The summed E-state index contributed by atoms with van der Waals surface area (Å²) in [5.74, 6) is 0.625. The van der Waals surface area contributed by atoms with Crippen LogP contribution in [0.3, 0.4) is 0 Å². The predicted molar refractivity (Wildman–Crippen MR) is 54.1 cm³/mol. The van der Waals surface area contributed by atoms with E-state index >= 15 is 0 Å². The minimum atomic E-state index is -0.222. The van der Waals surface area contributed by atoms with Crippen LogP contribution in [0.4, 0.5) is 0 Å². The quantitative estimate of drug-likeness (QED) is 0.628. The summed E-state index contributed by atoms with van der Waals surface area (Å²) < 4.78 is 0. The van der Waals surface area contributed by atoms with Crippen LogP contribution >= 0.6 is 0 Å². The maximum atomic E-state index is 9.68. The van der Waals surface area contributed by atoms with Gasteiger partial charge in [-0.15, -0.1) is 0 Å². The minimum absolute atomic E-state index is 0.222. The lowest BCUT2D eigenvalue weighted by Gasteiger charge is -2.15. The van der Waals surface area contributed by atoms with Crippen LogP contribution in [0, 0.1) is 5.92 Å². The van der Waals surface area contributed by atoms with Crippen molar-refractivity contribution in [3.05, 3.63) is 11.6 Å². The summed E-state index contributed by atoms with van der Waals surface area (Å²) in [4.78, 5) is 0. The van der Waals surface area contributed by atoms with E-state index in [1.165, 1.54) is 0 Å². The van der Waals surface area contributed by atoms with E-state index in [-0.39, 0.29) is 6.10 Å². The summed E-state index contributed by atoms with van der Waals surface area (Å²) >= 11 is 0. The van der Waals surface area contributed by atoms with E-state index in [1.807, 2.05) is 6.92 Å². The number of aliphatic hydroxyl groups is 1. The molecule has 0 fully saturated rings. The van der Waals surface area contributed by atoms with Gasteiger partial charge in [0.05, 0.1) is 6.10 Å². The second-order valence-electron chi connectivity index (χ2n) is 3.62. The largest absolute Gasteiger partial charge is 0.389 e. The maximum absolute atomic E-state index is 9.68. The molecule has 0 aromatic heterocycles. The summed E-state index contributed by atoms with van der Waals surface area (Å²) in [6, 6.07) is 0. The van der Waals surface area contributed by atoms with Crippen molar-refractivity contribution in [1.82, 2.24) is 0 Å². The molecule has 0 aliphatic carbocycles. The van der Waals surface area contributed by atoms with Gasteiger partial charge >= 0.3 is 0 Å². The van der Waals surface area contributed by atoms with Gasteiger partial charge in [-0.1, -0.05) is 33.3 Å². The molecule has 0 saturated heterocycles. The first-order valence-electron chi connectivity index (χ1n) is 4.96. The van der Waals surface area contributed by atoms with Gasteiger partial charge in [-0.25, -0.2) is 0 Å². The van der Waals surface area contributed by atoms with Gasteiger partial charge in [0.15, 0.2) is 0 Å². The Morgan fingerprint density at radius 1 is 1.42 bits per heavy atom. The van der Waals surface area contributed by atoms with E-state index in [1.54, 1.807) is 0 Å². The third-order valence-electron chi connectivity index (χ3n) is 2.37. The Morgan fingerprint density at radius 2 is 2.00 bits per heavy atom. The van der Waals surface area contributed by atoms with Gasteiger partial charge < -0.3 is 5.11 Å². The lowest BCUT2D eigenvalue weighted by molar-refractivity contribution is 0.178. The van der Waals surface area contributed by atoms with Crippen molar-refractivity contribution < 1.29 is 5.11 Å². The third-order valence-corrected chi connectivity index (χ3v) is 2.37. The molecule has 1 heteroatoms. The number of aliphatic hydroxyl groups excluding tert-OH is 1. The first-order valence-corrected chi connectivity index (χ1v) is 4.96. The summed E-state index contributed by atoms with van der Waals surface area (Å²) in [6.45, 7) is 8.45. The number of allylic oxidation sites excluding steroid dienone is 1. The Kier molecular flexibility index (Phi) is 6.09. The Morgan fingerprint density at radius 3 is 2.42 bits per heavy atom. The standard InChI is InChI=1S/C11H22O/c1-5-7-10(4)11(12)8-9(3)6-2/h7,9,11-12H,5-6,8H2,1-4H3. The van der Waals surface area contributed by atoms with E-state index in [0.29, 0.717) is 5.92 Å². The smallest absolute Gasteiger partial charge is 0.0749 e. The first kappa shape index (κ1) is 11.7. The highest BCUT2D eigenvalue weighted by molar-refractivity contribution is 5.03. The molecule has 0 rings (SSSR count). The molecule has 0 radical (unpaired) electrons. The summed E-state index contributed by atoms with van der Waals surface area (Å²) in [6.07, 6.45) is 4.95. The molecule has 0 bridgehead atoms. The Balaban J connectivity index is 3.86. The Labute approximate surface area is 76.5 Å². The molecule has 72 valence electrons. The summed E-state index contributed by atoms with van der Waals surface area (Å²) in [5, 5.41) is 9.68. The molecule has 1 nitrogen and oxygen atoms in total. The van der Waals surface area contributed by atoms with Crippen molar-refractivity contribution in [2.75, 3.05) is 0 Å². The van der Waals surface area contributed by atoms with E-state index in [9.17, 15) is 5.11 Å². The van der Waals surface area contributed by atoms with Crippen molar-refractivity contribution >= 4 is 0 Å².